The summed E-state index contributed by atoms with van der Waals surface area (Å²) in [5.74, 6) is 0.123. The number of hydrogen-bond acceptors (Lipinski definition) is 8. The van der Waals surface area contributed by atoms with Gasteiger partial charge in [0.1, 0.15) is 5.60 Å². The molecule has 11 heteroatoms. The van der Waals surface area contributed by atoms with Crippen molar-refractivity contribution in [1.82, 2.24) is 9.47 Å². The molecule has 2 heterocycles. The first-order valence-electron chi connectivity index (χ1n) is 11.6. The third kappa shape index (κ3) is 7.79. The molecule has 0 bridgehead atoms. The van der Waals surface area contributed by atoms with Crippen LogP contribution < -0.4 is 5.56 Å². The first kappa shape index (κ1) is 26.7. The number of hydrogen-bond donors (Lipinski definition) is 0. The van der Waals surface area contributed by atoms with Gasteiger partial charge in [0.15, 0.2) is 0 Å². The Morgan fingerprint density at radius 1 is 1.12 bits per heavy atom. The summed E-state index contributed by atoms with van der Waals surface area (Å²) in [5, 5.41) is 0. The van der Waals surface area contributed by atoms with Crippen LogP contribution in [0.3, 0.4) is 0 Å². The van der Waals surface area contributed by atoms with Crippen molar-refractivity contribution in [3.63, 3.8) is 0 Å². The van der Waals surface area contributed by atoms with E-state index in [-0.39, 0.29) is 36.3 Å². The molecule has 1 spiro atoms. The van der Waals surface area contributed by atoms with Crippen LogP contribution in [0.2, 0.25) is 0 Å². The first-order valence-corrected chi connectivity index (χ1v) is 13.4. The maximum atomic E-state index is 12.7. The summed E-state index contributed by atoms with van der Waals surface area (Å²) in [6.07, 6.45) is 5.30. The van der Waals surface area contributed by atoms with Crippen molar-refractivity contribution < 1.29 is 31.6 Å². The van der Waals surface area contributed by atoms with Crippen LogP contribution in [0.25, 0.3) is 0 Å². The zero-order chi connectivity index (χ0) is 25.0. The van der Waals surface area contributed by atoms with Gasteiger partial charge in [-0.1, -0.05) is 0 Å². The van der Waals surface area contributed by atoms with Crippen molar-refractivity contribution >= 4 is 16.2 Å². The highest BCUT2D eigenvalue weighted by molar-refractivity contribution is 7.85. The van der Waals surface area contributed by atoms with Gasteiger partial charge in [-0.2, -0.15) is 8.42 Å². The molecular weight excluding hydrogens is 464 g/mol. The van der Waals surface area contributed by atoms with E-state index in [4.69, 9.17) is 14.2 Å². The second kappa shape index (κ2) is 10.8. The molecule has 1 saturated heterocycles. The van der Waals surface area contributed by atoms with Gasteiger partial charge in [0, 0.05) is 36.8 Å². The average Bonchev–Trinajstić information content (AvgIpc) is 3.37. The van der Waals surface area contributed by atoms with E-state index in [0.717, 1.165) is 31.1 Å². The molecule has 2 aliphatic rings. The molecule has 0 aromatic carbocycles. The van der Waals surface area contributed by atoms with Crippen molar-refractivity contribution in [2.45, 2.75) is 63.6 Å². The van der Waals surface area contributed by atoms with Crippen LogP contribution in [0.5, 0.6) is 0 Å². The molecule has 192 valence electrons. The monoisotopic (exact) mass is 500 g/mol. The van der Waals surface area contributed by atoms with Crippen LogP contribution in [0, 0.1) is 0 Å². The fourth-order valence-electron chi connectivity index (χ4n) is 4.17. The van der Waals surface area contributed by atoms with E-state index in [0.29, 0.717) is 32.9 Å². The first-order chi connectivity index (χ1) is 15.9. The minimum absolute atomic E-state index is 0.0295. The highest BCUT2D eigenvalue weighted by Gasteiger charge is 2.57. The normalized spacial score (nSPS) is 19.5. The minimum Gasteiger partial charge on any atom is -0.444 e. The van der Waals surface area contributed by atoms with E-state index in [2.05, 4.69) is 4.18 Å². The number of likely N-dealkylation sites (tertiary alicyclic amines) is 1. The molecule has 1 atom stereocenters. The van der Waals surface area contributed by atoms with E-state index in [1.165, 1.54) is 0 Å². The van der Waals surface area contributed by atoms with Gasteiger partial charge in [-0.05, 0) is 51.7 Å². The summed E-state index contributed by atoms with van der Waals surface area (Å²) < 4.78 is 44.1. The molecule has 0 unspecified atom stereocenters. The Bertz CT molecular complexity index is 1010. The SMILES string of the molecule is CC(C)(C)OC(=O)N1C[C@@H](c2ccn(CCOCCOCCOS(C)(=O)=O)c(=O)c2)CC12CC2. The van der Waals surface area contributed by atoms with E-state index >= 15 is 0 Å². The number of amides is 1. The predicted molar refractivity (Wildman–Crippen MR) is 125 cm³/mol. The molecular formula is C23H36N2O8S. The van der Waals surface area contributed by atoms with Gasteiger partial charge >= 0.3 is 6.09 Å². The molecule has 1 aliphatic heterocycles. The number of rotatable bonds is 11. The van der Waals surface area contributed by atoms with Crippen LogP contribution in [-0.4, -0.2) is 81.0 Å². The molecule has 10 nitrogen and oxygen atoms in total. The van der Waals surface area contributed by atoms with Crippen LogP contribution >= 0.6 is 0 Å². The molecule has 34 heavy (non-hydrogen) atoms. The summed E-state index contributed by atoms with van der Waals surface area (Å²) in [7, 11) is -3.45. The molecule has 1 amide bonds. The van der Waals surface area contributed by atoms with Crippen molar-refractivity contribution in [2.75, 3.05) is 45.8 Å². The van der Waals surface area contributed by atoms with Crippen LogP contribution in [0.4, 0.5) is 4.79 Å². The molecule has 0 radical (unpaired) electrons. The Morgan fingerprint density at radius 3 is 2.35 bits per heavy atom. The van der Waals surface area contributed by atoms with Crippen molar-refractivity contribution in [2.24, 2.45) is 0 Å². The van der Waals surface area contributed by atoms with Gasteiger partial charge in [-0.3, -0.25) is 8.98 Å². The lowest BCUT2D eigenvalue weighted by Crippen LogP contribution is -2.41. The molecule has 3 rings (SSSR count). The molecule has 0 N–H and O–H groups in total. The topological polar surface area (TPSA) is 113 Å². The third-order valence-corrected chi connectivity index (χ3v) is 6.50. The number of aromatic nitrogens is 1. The van der Waals surface area contributed by atoms with Gasteiger partial charge < -0.3 is 23.7 Å². The smallest absolute Gasteiger partial charge is 0.410 e. The number of nitrogens with zero attached hydrogens (tertiary/aromatic N) is 2. The largest absolute Gasteiger partial charge is 0.444 e. The Balaban J connectivity index is 1.42. The maximum absolute atomic E-state index is 12.7. The number of carbonyl (C=O) groups excluding carboxylic acids is 1. The third-order valence-electron chi connectivity index (χ3n) is 5.91. The molecule has 1 saturated carbocycles. The van der Waals surface area contributed by atoms with E-state index < -0.39 is 15.7 Å². The number of carbonyl (C=O) groups is 1. The van der Waals surface area contributed by atoms with Crippen LogP contribution in [-0.2, 0) is 35.1 Å². The van der Waals surface area contributed by atoms with E-state index in [1.54, 1.807) is 16.8 Å². The van der Waals surface area contributed by atoms with Crippen molar-refractivity contribution in [1.29, 1.82) is 0 Å². The maximum Gasteiger partial charge on any atom is 0.410 e. The van der Waals surface area contributed by atoms with Gasteiger partial charge in [0.25, 0.3) is 15.7 Å². The van der Waals surface area contributed by atoms with Crippen LogP contribution in [0.15, 0.2) is 23.1 Å². The van der Waals surface area contributed by atoms with Crippen molar-refractivity contribution in [3.8, 4) is 0 Å². The molecule has 1 aromatic heterocycles. The molecule has 1 aliphatic carbocycles. The number of ether oxygens (including phenoxy) is 3. The number of pyridine rings is 1. The zero-order valence-corrected chi connectivity index (χ0v) is 21.3. The lowest BCUT2D eigenvalue weighted by molar-refractivity contribution is 0.0202. The highest BCUT2D eigenvalue weighted by atomic mass is 32.2. The fraction of sp³-hybridized carbons (Fsp3) is 0.739. The van der Waals surface area contributed by atoms with Gasteiger partial charge in [-0.25, -0.2) is 4.79 Å². The summed E-state index contributed by atoms with van der Waals surface area (Å²) in [6, 6.07) is 3.61. The second-order valence-corrected chi connectivity index (χ2v) is 11.6. The van der Waals surface area contributed by atoms with Gasteiger partial charge in [0.2, 0.25) is 0 Å². The van der Waals surface area contributed by atoms with Crippen molar-refractivity contribution in [3.05, 3.63) is 34.2 Å². The predicted octanol–water partition coefficient (Wildman–Crippen LogP) is 2.11. The summed E-state index contributed by atoms with van der Waals surface area (Å²) in [5.41, 5.74) is 0.196. The van der Waals surface area contributed by atoms with E-state index in [1.807, 2.05) is 31.7 Å². The van der Waals surface area contributed by atoms with Gasteiger partial charge in [-0.15, -0.1) is 0 Å². The lowest BCUT2D eigenvalue weighted by Gasteiger charge is -2.28. The quantitative estimate of drug-likeness (QED) is 0.335. The average molecular weight is 501 g/mol. The summed E-state index contributed by atoms with van der Waals surface area (Å²) >= 11 is 0. The lowest BCUT2D eigenvalue weighted by atomic mass is 9.96. The van der Waals surface area contributed by atoms with Crippen LogP contribution in [0.1, 0.15) is 51.5 Å². The van der Waals surface area contributed by atoms with Gasteiger partial charge in [0.05, 0.1) is 39.3 Å². The highest BCUT2D eigenvalue weighted by Crippen LogP contribution is 2.54. The second-order valence-electron chi connectivity index (χ2n) is 9.96. The Kier molecular flexibility index (Phi) is 8.43. The summed E-state index contributed by atoms with van der Waals surface area (Å²) in [4.78, 5) is 27.2. The molecule has 2 fully saturated rings. The Labute approximate surface area is 201 Å². The standard InChI is InChI=1S/C23H36N2O8S/c1-22(2,3)33-21(27)25-17-19(16-23(25)6-7-23)18-5-8-24(20(26)15-18)9-10-30-11-12-31-13-14-32-34(4,28)29/h5,8,15,19H,6-7,9-14,16-17H2,1-4H3/t19-/m0/s1. The zero-order valence-electron chi connectivity index (χ0n) is 20.4. The Hall–Kier alpha value is -1.95. The van der Waals surface area contributed by atoms with E-state index in [9.17, 15) is 18.0 Å². The fourth-order valence-corrected chi connectivity index (χ4v) is 4.54. The molecule has 1 aromatic rings. The Morgan fingerprint density at radius 2 is 1.76 bits per heavy atom. The minimum atomic E-state index is -3.45. The summed E-state index contributed by atoms with van der Waals surface area (Å²) in [6.45, 7) is 7.69.